The van der Waals surface area contributed by atoms with Gasteiger partial charge in [0.25, 0.3) is 0 Å². The Morgan fingerprint density at radius 1 is 0.692 bits per heavy atom. The lowest BCUT2D eigenvalue weighted by Gasteiger charge is -2.13. The molecule has 0 aliphatic heterocycles. The first-order chi connectivity index (χ1) is 6.35. The van der Waals surface area contributed by atoms with Crippen LogP contribution in [0.5, 0.6) is 0 Å². The van der Waals surface area contributed by atoms with E-state index in [4.69, 9.17) is 14.2 Å². The average Bonchev–Trinajstić information content (AvgIpc) is 2.17. The van der Waals surface area contributed by atoms with Crippen LogP contribution in [0.4, 0.5) is 0 Å². The number of hydrogen-bond donors (Lipinski definition) is 0. The number of ether oxygens (including phenoxy) is 3. The van der Waals surface area contributed by atoms with Crippen molar-refractivity contribution in [3.63, 3.8) is 0 Å². The molecule has 3 heteroatoms. The van der Waals surface area contributed by atoms with Gasteiger partial charge in [-0.1, -0.05) is 18.2 Å². The van der Waals surface area contributed by atoms with Crippen LogP contribution in [0.2, 0.25) is 0 Å². The average molecular weight is 184 g/mol. The summed E-state index contributed by atoms with van der Waals surface area (Å²) in [5, 5.41) is 0. The fourth-order valence-corrected chi connectivity index (χ4v) is 0.524. The minimum atomic E-state index is -0.719. The molecule has 0 radical (unpaired) electrons. The summed E-state index contributed by atoms with van der Waals surface area (Å²) in [5.41, 5.74) is 0. The molecule has 0 bridgehead atoms. The molecule has 0 spiro atoms. The van der Waals surface area contributed by atoms with E-state index in [1.807, 2.05) is 20.8 Å². The van der Waals surface area contributed by atoms with Crippen LogP contribution in [0, 0.1) is 0 Å². The zero-order valence-electron chi connectivity index (χ0n) is 8.27. The summed E-state index contributed by atoms with van der Waals surface area (Å²) in [6.07, 6.45) is 9.80. The Morgan fingerprint density at radius 2 is 1.00 bits per heavy atom. The maximum Gasteiger partial charge on any atom is 0.404 e. The van der Waals surface area contributed by atoms with Gasteiger partial charge in [-0.3, -0.25) is 0 Å². The minimum Gasteiger partial charge on any atom is -0.431 e. The van der Waals surface area contributed by atoms with E-state index in [2.05, 4.69) is 0 Å². The summed E-state index contributed by atoms with van der Waals surface area (Å²) in [4.78, 5) is 0. The van der Waals surface area contributed by atoms with E-state index in [1.54, 1.807) is 18.2 Å². The van der Waals surface area contributed by atoms with Crippen LogP contribution in [-0.2, 0) is 14.2 Å². The minimum absolute atomic E-state index is 0.719. The van der Waals surface area contributed by atoms with Gasteiger partial charge in [-0.05, 0) is 20.8 Å². The molecule has 0 saturated carbocycles. The Kier molecular flexibility index (Phi) is 7.79. The van der Waals surface area contributed by atoms with Crippen LogP contribution in [0.1, 0.15) is 20.8 Å². The van der Waals surface area contributed by atoms with Crippen molar-refractivity contribution in [3.05, 3.63) is 37.0 Å². The molecule has 0 rings (SSSR count). The van der Waals surface area contributed by atoms with Gasteiger partial charge in [0.1, 0.15) is 0 Å². The molecule has 0 amide bonds. The molecule has 0 atom stereocenters. The molecule has 0 aliphatic rings. The van der Waals surface area contributed by atoms with Crippen molar-refractivity contribution in [2.24, 2.45) is 0 Å². The lowest BCUT2D eigenvalue weighted by Crippen LogP contribution is -2.13. The topological polar surface area (TPSA) is 27.7 Å². The van der Waals surface area contributed by atoms with Crippen molar-refractivity contribution >= 4 is 0 Å². The molecule has 0 N–H and O–H groups in total. The second-order valence-electron chi connectivity index (χ2n) is 2.11. The van der Waals surface area contributed by atoms with E-state index in [0.29, 0.717) is 0 Å². The third-order valence-corrected chi connectivity index (χ3v) is 0.977. The van der Waals surface area contributed by atoms with E-state index < -0.39 is 6.48 Å². The van der Waals surface area contributed by atoms with Gasteiger partial charge in [0.05, 0.1) is 18.8 Å². The smallest absolute Gasteiger partial charge is 0.404 e. The molecule has 74 valence electrons. The van der Waals surface area contributed by atoms with Crippen molar-refractivity contribution in [1.82, 2.24) is 0 Å². The molecule has 0 aromatic carbocycles. The maximum atomic E-state index is 5.07. The van der Waals surface area contributed by atoms with Gasteiger partial charge in [0.15, 0.2) is 0 Å². The summed E-state index contributed by atoms with van der Waals surface area (Å²) in [7, 11) is 0. The van der Waals surface area contributed by atoms with Crippen molar-refractivity contribution in [3.8, 4) is 0 Å². The molecule has 0 saturated heterocycles. The third-order valence-electron chi connectivity index (χ3n) is 0.977. The first kappa shape index (κ1) is 11.6. The van der Waals surface area contributed by atoms with Gasteiger partial charge in [-0.15, -0.1) is 0 Å². The largest absolute Gasteiger partial charge is 0.431 e. The van der Waals surface area contributed by atoms with E-state index in [9.17, 15) is 0 Å². The van der Waals surface area contributed by atoms with Crippen LogP contribution < -0.4 is 0 Å². The highest BCUT2D eigenvalue weighted by atomic mass is 16.8. The third kappa shape index (κ3) is 7.00. The van der Waals surface area contributed by atoms with Crippen LogP contribution in [0.25, 0.3) is 0 Å². The highest BCUT2D eigenvalue weighted by Gasteiger charge is 2.03. The fraction of sp³-hybridized carbons (Fsp3) is 0.400. The first-order valence-electron chi connectivity index (χ1n) is 4.15. The normalized spacial score (nSPS) is 14.1. The highest BCUT2D eigenvalue weighted by Crippen LogP contribution is 2.00. The van der Waals surface area contributed by atoms with Gasteiger partial charge < -0.3 is 14.2 Å². The lowest BCUT2D eigenvalue weighted by atomic mass is 10.7. The molecule has 0 aromatic heterocycles. The van der Waals surface area contributed by atoms with Gasteiger partial charge in [-0.2, -0.15) is 0 Å². The predicted molar refractivity (Wildman–Crippen MR) is 51.5 cm³/mol. The molecule has 0 aromatic rings. The Balaban J connectivity index is 3.86. The second-order valence-corrected chi connectivity index (χ2v) is 2.11. The van der Waals surface area contributed by atoms with Gasteiger partial charge in [0.2, 0.25) is 0 Å². The van der Waals surface area contributed by atoms with Crippen LogP contribution in [-0.4, -0.2) is 6.48 Å². The summed E-state index contributed by atoms with van der Waals surface area (Å²) >= 11 is 0. The van der Waals surface area contributed by atoms with Crippen molar-refractivity contribution in [2.75, 3.05) is 0 Å². The standard InChI is InChI=1S/C10H16O3/c1-4-7-11-10(12-8-5-2)13-9-6-3/h4-10H,1-3H3. The second kappa shape index (κ2) is 8.71. The zero-order chi connectivity index (χ0) is 9.94. The molecule has 0 unspecified atom stereocenters. The van der Waals surface area contributed by atoms with E-state index in [0.717, 1.165) is 0 Å². The summed E-state index contributed by atoms with van der Waals surface area (Å²) < 4.78 is 15.2. The molecule has 0 aliphatic carbocycles. The number of hydrogen-bond acceptors (Lipinski definition) is 3. The van der Waals surface area contributed by atoms with Gasteiger partial charge in [0, 0.05) is 0 Å². The van der Waals surface area contributed by atoms with Gasteiger partial charge >= 0.3 is 6.48 Å². The fourth-order valence-electron chi connectivity index (χ4n) is 0.524. The van der Waals surface area contributed by atoms with E-state index in [-0.39, 0.29) is 0 Å². The SMILES string of the molecule is CC=COC(OC=CC)OC=CC. The summed E-state index contributed by atoms with van der Waals surface area (Å²) in [6, 6.07) is 0. The molecular weight excluding hydrogens is 168 g/mol. The van der Waals surface area contributed by atoms with Crippen LogP contribution >= 0.6 is 0 Å². The Hall–Kier alpha value is -1.38. The number of allylic oxidation sites excluding steroid dienone is 3. The molecule has 3 nitrogen and oxygen atoms in total. The summed E-state index contributed by atoms with van der Waals surface area (Å²) in [5.74, 6) is 0. The lowest BCUT2D eigenvalue weighted by molar-refractivity contribution is -0.212. The Morgan fingerprint density at radius 3 is 1.23 bits per heavy atom. The van der Waals surface area contributed by atoms with Gasteiger partial charge in [-0.25, -0.2) is 0 Å². The summed E-state index contributed by atoms with van der Waals surface area (Å²) in [6.45, 7) is 4.83. The molecular formula is C10H16O3. The Bertz CT molecular complexity index is 149. The van der Waals surface area contributed by atoms with E-state index >= 15 is 0 Å². The number of rotatable bonds is 6. The van der Waals surface area contributed by atoms with Crippen LogP contribution in [0.3, 0.4) is 0 Å². The first-order valence-corrected chi connectivity index (χ1v) is 4.15. The maximum absolute atomic E-state index is 5.07. The molecule has 0 fully saturated rings. The highest BCUT2D eigenvalue weighted by molar-refractivity contribution is 4.70. The Labute approximate surface area is 79.3 Å². The zero-order valence-corrected chi connectivity index (χ0v) is 8.27. The van der Waals surface area contributed by atoms with E-state index in [1.165, 1.54) is 18.8 Å². The monoisotopic (exact) mass is 184 g/mol. The van der Waals surface area contributed by atoms with Crippen LogP contribution in [0.15, 0.2) is 37.0 Å². The quantitative estimate of drug-likeness (QED) is 0.469. The van der Waals surface area contributed by atoms with Crippen molar-refractivity contribution in [2.45, 2.75) is 27.2 Å². The van der Waals surface area contributed by atoms with Crippen molar-refractivity contribution < 1.29 is 14.2 Å². The molecule has 13 heavy (non-hydrogen) atoms. The van der Waals surface area contributed by atoms with Crippen molar-refractivity contribution in [1.29, 1.82) is 0 Å². The predicted octanol–water partition coefficient (Wildman–Crippen LogP) is 2.92. The molecule has 0 heterocycles.